The zero-order valence-corrected chi connectivity index (χ0v) is 12.7. The number of pyridine rings is 1. The number of carbonyl (C=O) groups excluding carboxylic acids is 1. The van der Waals surface area contributed by atoms with Crippen molar-refractivity contribution in [1.82, 2.24) is 4.98 Å². The minimum atomic E-state index is -0.489. The van der Waals surface area contributed by atoms with E-state index in [1.165, 1.54) is 6.07 Å². The second kappa shape index (κ2) is 5.66. The van der Waals surface area contributed by atoms with E-state index in [1.807, 2.05) is 42.5 Å². The minimum absolute atomic E-state index is 0.257. The molecule has 1 aromatic heterocycles. The molecule has 1 heterocycles. The maximum atomic E-state index is 12.5. The van der Waals surface area contributed by atoms with Gasteiger partial charge in [-0.15, -0.1) is 0 Å². The summed E-state index contributed by atoms with van der Waals surface area (Å²) in [5, 5.41) is 2.70. The lowest BCUT2D eigenvalue weighted by atomic mass is 10.1. The van der Waals surface area contributed by atoms with Crippen molar-refractivity contribution in [2.45, 2.75) is 0 Å². The summed E-state index contributed by atoms with van der Waals surface area (Å²) in [6, 6.07) is 21.7. The second-order valence-electron chi connectivity index (χ2n) is 5.49. The molecular formula is C20H13NO3. The van der Waals surface area contributed by atoms with Gasteiger partial charge >= 0.3 is 5.97 Å². The first kappa shape index (κ1) is 14.2. The molecule has 0 saturated carbocycles. The van der Waals surface area contributed by atoms with Crippen LogP contribution < -0.4 is 10.3 Å². The predicted octanol–water partition coefficient (Wildman–Crippen LogP) is 3.90. The fourth-order valence-corrected chi connectivity index (χ4v) is 2.73. The number of nitrogens with one attached hydrogen (secondary N) is 1. The SMILES string of the molecule is O=C(Oc1cc(=O)[nH]c2ccccc12)c1ccc2ccccc2c1. The number of H-pyrrole nitrogens is 1. The fourth-order valence-electron chi connectivity index (χ4n) is 2.73. The van der Waals surface area contributed by atoms with Crippen molar-refractivity contribution in [2.75, 3.05) is 0 Å². The zero-order valence-electron chi connectivity index (χ0n) is 12.7. The smallest absolute Gasteiger partial charge is 0.343 e. The number of hydrogen-bond donors (Lipinski definition) is 1. The predicted molar refractivity (Wildman–Crippen MR) is 93.5 cm³/mol. The van der Waals surface area contributed by atoms with Crippen molar-refractivity contribution < 1.29 is 9.53 Å². The summed E-state index contributed by atoms with van der Waals surface area (Å²) in [4.78, 5) is 26.9. The van der Waals surface area contributed by atoms with Gasteiger partial charge in [0, 0.05) is 11.5 Å². The van der Waals surface area contributed by atoms with Crippen LogP contribution in [0.1, 0.15) is 10.4 Å². The van der Waals surface area contributed by atoms with Gasteiger partial charge in [-0.1, -0.05) is 42.5 Å². The number of benzene rings is 3. The van der Waals surface area contributed by atoms with Gasteiger partial charge in [0.15, 0.2) is 0 Å². The van der Waals surface area contributed by atoms with E-state index in [0.29, 0.717) is 16.5 Å². The molecule has 0 bridgehead atoms. The molecule has 0 amide bonds. The van der Waals surface area contributed by atoms with Crippen molar-refractivity contribution in [3.05, 3.63) is 88.7 Å². The number of fused-ring (bicyclic) bond motifs is 2. The molecule has 4 nitrogen and oxygen atoms in total. The molecule has 0 aliphatic rings. The summed E-state index contributed by atoms with van der Waals surface area (Å²) in [5.74, 6) is -0.232. The van der Waals surface area contributed by atoms with Crippen LogP contribution in [0.25, 0.3) is 21.7 Å². The summed E-state index contributed by atoms with van der Waals surface area (Å²) in [6.07, 6.45) is 0. The number of hydrogen-bond acceptors (Lipinski definition) is 3. The number of aromatic amines is 1. The van der Waals surface area contributed by atoms with Crippen LogP contribution in [-0.2, 0) is 0 Å². The molecule has 0 aliphatic carbocycles. The van der Waals surface area contributed by atoms with Crippen molar-refractivity contribution in [3.8, 4) is 5.75 Å². The lowest BCUT2D eigenvalue weighted by Gasteiger charge is -2.08. The van der Waals surface area contributed by atoms with Crippen molar-refractivity contribution >= 4 is 27.6 Å². The van der Waals surface area contributed by atoms with E-state index in [9.17, 15) is 9.59 Å². The van der Waals surface area contributed by atoms with Crippen LogP contribution in [0.5, 0.6) is 5.75 Å². The normalized spacial score (nSPS) is 10.8. The molecule has 0 aliphatic heterocycles. The molecule has 0 unspecified atom stereocenters. The average Bonchev–Trinajstić information content (AvgIpc) is 2.61. The Bertz CT molecular complexity index is 1130. The zero-order chi connectivity index (χ0) is 16.5. The monoisotopic (exact) mass is 315 g/mol. The van der Waals surface area contributed by atoms with Gasteiger partial charge in [-0.05, 0) is 35.0 Å². The number of rotatable bonds is 2. The summed E-state index contributed by atoms with van der Waals surface area (Å²) < 4.78 is 5.48. The van der Waals surface area contributed by atoms with Gasteiger partial charge in [-0.3, -0.25) is 4.79 Å². The first-order valence-corrected chi connectivity index (χ1v) is 7.54. The first-order chi connectivity index (χ1) is 11.7. The minimum Gasteiger partial charge on any atom is -0.422 e. The molecule has 0 fully saturated rings. The number of aromatic nitrogens is 1. The van der Waals surface area contributed by atoms with Gasteiger partial charge in [0.2, 0.25) is 0 Å². The maximum absolute atomic E-state index is 12.5. The van der Waals surface area contributed by atoms with E-state index in [1.54, 1.807) is 24.3 Å². The topological polar surface area (TPSA) is 59.2 Å². The number of carbonyl (C=O) groups is 1. The van der Waals surface area contributed by atoms with Crippen LogP contribution in [0.15, 0.2) is 77.6 Å². The Morgan fingerprint density at radius 3 is 2.46 bits per heavy atom. The highest BCUT2D eigenvalue weighted by Gasteiger charge is 2.12. The van der Waals surface area contributed by atoms with Crippen LogP contribution in [0, 0.1) is 0 Å². The van der Waals surface area contributed by atoms with Gasteiger partial charge in [0.1, 0.15) is 5.75 Å². The van der Waals surface area contributed by atoms with Crippen molar-refractivity contribution in [3.63, 3.8) is 0 Å². The number of para-hydroxylation sites is 1. The second-order valence-corrected chi connectivity index (χ2v) is 5.49. The van der Waals surface area contributed by atoms with Gasteiger partial charge < -0.3 is 9.72 Å². The number of esters is 1. The molecule has 3 aromatic carbocycles. The van der Waals surface area contributed by atoms with E-state index in [2.05, 4.69) is 4.98 Å². The first-order valence-electron chi connectivity index (χ1n) is 7.54. The Kier molecular flexibility index (Phi) is 3.35. The summed E-state index contributed by atoms with van der Waals surface area (Å²) in [5.41, 5.74) is 0.763. The number of ether oxygens (including phenoxy) is 1. The molecule has 4 rings (SSSR count). The van der Waals surface area contributed by atoms with E-state index in [-0.39, 0.29) is 11.3 Å². The summed E-state index contributed by atoms with van der Waals surface area (Å²) >= 11 is 0. The molecule has 24 heavy (non-hydrogen) atoms. The fraction of sp³-hybridized carbons (Fsp3) is 0. The Morgan fingerprint density at radius 1 is 0.833 bits per heavy atom. The Labute approximate surface area is 137 Å². The van der Waals surface area contributed by atoms with Crippen molar-refractivity contribution in [1.29, 1.82) is 0 Å². The summed E-state index contributed by atoms with van der Waals surface area (Å²) in [7, 11) is 0. The highest BCUT2D eigenvalue weighted by Crippen LogP contribution is 2.23. The standard InChI is InChI=1S/C20H13NO3/c22-19-12-18(16-7-3-4-8-17(16)21-19)24-20(23)15-10-9-13-5-1-2-6-14(13)11-15/h1-12H,(H,21,22). The van der Waals surface area contributed by atoms with Gasteiger partial charge in [-0.2, -0.15) is 0 Å². The van der Waals surface area contributed by atoms with Crippen molar-refractivity contribution in [2.24, 2.45) is 0 Å². The quantitative estimate of drug-likeness (QED) is 0.571. The van der Waals surface area contributed by atoms with Gasteiger partial charge in [-0.25, -0.2) is 4.79 Å². The van der Waals surface area contributed by atoms with E-state index in [4.69, 9.17) is 4.74 Å². The Balaban J connectivity index is 1.74. The molecular weight excluding hydrogens is 302 g/mol. The summed E-state index contributed by atoms with van der Waals surface area (Å²) in [6.45, 7) is 0. The molecule has 0 saturated heterocycles. The largest absolute Gasteiger partial charge is 0.422 e. The third kappa shape index (κ3) is 2.54. The van der Waals surface area contributed by atoms with Crippen LogP contribution in [0.3, 0.4) is 0 Å². The van der Waals surface area contributed by atoms with E-state index < -0.39 is 5.97 Å². The van der Waals surface area contributed by atoms with Gasteiger partial charge in [0.25, 0.3) is 5.56 Å². The van der Waals surface area contributed by atoms with E-state index >= 15 is 0 Å². The highest BCUT2D eigenvalue weighted by atomic mass is 16.5. The van der Waals surface area contributed by atoms with Crippen LogP contribution >= 0.6 is 0 Å². The average molecular weight is 315 g/mol. The Hall–Kier alpha value is -3.40. The maximum Gasteiger partial charge on any atom is 0.343 e. The molecule has 0 spiro atoms. The Morgan fingerprint density at radius 2 is 1.58 bits per heavy atom. The third-order valence-corrected chi connectivity index (χ3v) is 3.90. The molecule has 4 heteroatoms. The van der Waals surface area contributed by atoms with Crippen LogP contribution in [0.4, 0.5) is 0 Å². The molecule has 0 radical (unpaired) electrons. The van der Waals surface area contributed by atoms with E-state index in [0.717, 1.165) is 10.8 Å². The van der Waals surface area contributed by atoms with Gasteiger partial charge in [0.05, 0.1) is 11.1 Å². The van der Waals surface area contributed by atoms with Crippen LogP contribution in [-0.4, -0.2) is 11.0 Å². The molecule has 1 N–H and O–H groups in total. The molecule has 0 atom stereocenters. The van der Waals surface area contributed by atoms with Crippen LogP contribution in [0.2, 0.25) is 0 Å². The lowest BCUT2D eigenvalue weighted by Crippen LogP contribution is -2.12. The highest BCUT2D eigenvalue weighted by molar-refractivity contribution is 5.98. The lowest BCUT2D eigenvalue weighted by molar-refractivity contribution is 0.0737. The molecule has 116 valence electrons. The molecule has 4 aromatic rings. The third-order valence-electron chi connectivity index (χ3n) is 3.90.